The Hall–Kier alpha value is -2.13. The summed E-state index contributed by atoms with van der Waals surface area (Å²) in [6.45, 7) is 5.48. The van der Waals surface area contributed by atoms with Gasteiger partial charge in [-0.25, -0.2) is 0 Å². The minimum Gasteiger partial charge on any atom is -0.469 e. The largest absolute Gasteiger partial charge is 0.469 e. The van der Waals surface area contributed by atoms with E-state index in [4.69, 9.17) is 9.47 Å². The lowest BCUT2D eigenvalue weighted by Crippen LogP contribution is -2.40. The summed E-state index contributed by atoms with van der Waals surface area (Å²) in [6.07, 6.45) is 2.15. The van der Waals surface area contributed by atoms with Crippen LogP contribution in [0.4, 0.5) is 0 Å². The van der Waals surface area contributed by atoms with Gasteiger partial charge in [-0.05, 0) is 49.8 Å². The molecule has 1 heterocycles. The number of carbonyl (C=O) groups is 1. The fourth-order valence-electron chi connectivity index (χ4n) is 3.78. The van der Waals surface area contributed by atoms with E-state index in [1.807, 2.05) is 0 Å². The molecular formula is C22H26O3. The molecule has 0 bridgehead atoms. The Bertz CT molecular complexity index is 720. The minimum atomic E-state index is -0.450. The summed E-state index contributed by atoms with van der Waals surface area (Å²) in [5, 5.41) is 0. The van der Waals surface area contributed by atoms with Crippen molar-refractivity contribution in [3.63, 3.8) is 0 Å². The van der Waals surface area contributed by atoms with Gasteiger partial charge in [0.1, 0.15) is 0 Å². The molecule has 1 saturated heterocycles. The maximum Gasteiger partial charge on any atom is 0.312 e. The molecule has 1 aliphatic heterocycles. The van der Waals surface area contributed by atoms with Crippen molar-refractivity contribution >= 4 is 5.97 Å². The topological polar surface area (TPSA) is 35.5 Å². The lowest BCUT2D eigenvalue weighted by molar-refractivity contribution is -0.158. The van der Waals surface area contributed by atoms with E-state index in [9.17, 15) is 4.79 Å². The fourth-order valence-corrected chi connectivity index (χ4v) is 3.78. The van der Waals surface area contributed by atoms with Crippen LogP contribution in [0.1, 0.15) is 29.5 Å². The summed E-state index contributed by atoms with van der Waals surface area (Å²) in [6, 6.07) is 15.2. The van der Waals surface area contributed by atoms with Gasteiger partial charge in [0.25, 0.3) is 0 Å². The maximum absolute atomic E-state index is 12.4. The first-order valence-electron chi connectivity index (χ1n) is 8.86. The highest BCUT2D eigenvalue weighted by molar-refractivity contribution is 5.77. The van der Waals surface area contributed by atoms with Crippen LogP contribution in [-0.2, 0) is 20.7 Å². The predicted molar refractivity (Wildman–Crippen MR) is 99.6 cm³/mol. The second kappa shape index (κ2) is 7.40. The summed E-state index contributed by atoms with van der Waals surface area (Å²) in [5.74, 6) is -0.116. The van der Waals surface area contributed by atoms with Crippen molar-refractivity contribution in [1.82, 2.24) is 0 Å². The third kappa shape index (κ3) is 3.93. The molecule has 0 amide bonds. The van der Waals surface area contributed by atoms with E-state index >= 15 is 0 Å². The van der Waals surface area contributed by atoms with Crippen LogP contribution >= 0.6 is 0 Å². The van der Waals surface area contributed by atoms with E-state index in [1.165, 1.54) is 34.9 Å². The predicted octanol–water partition coefficient (Wildman–Crippen LogP) is 4.48. The number of rotatable bonds is 4. The zero-order chi connectivity index (χ0) is 17.9. The van der Waals surface area contributed by atoms with Gasteiger partial charge < -0.3 is 9.47 Å². The molecule has 0 spiro atoms. The number of carbonyl (C=O) groups excluding carboxylic acids is 1. The molecule has 0 aromatic heterocycles. The molecular weight excluding hydrogens is 312 g/mol. The van der Waals surface area contributed by atoms with Gasteiger partial charge in [-0.15, -0.1) is 0 Å². The molecule has 0 aliphatic carbocycles. The first kappa shape index (κ1) is 17.7. The Labute approximate surface area is 150 Å². The summed E-state index contributed by atoms with van der Waals surface area (Å²) >= 11 is 0. The second-order valence-corrected chi connectivity index (χ2v) is 7.13. The molecule has 0 N–H and O–H groups in total. The molecule has 0 saturated carbocycles. The summed E-state index contributed by atoms with van der Waals surface area (Å²) in [7, 11) is 1.47. The van der Waals surface area contributed by atoms with E-state index in [0.717, 1.165) is 12.8 Å². The molecule has 1 fully saturated rings. The molecule has 1 aliphatic rings. The number of esters is 1. The van der Waals surface area contributed by atoms with Crippen molar-refractivity contribution in [1.29, 1.82) is 0 Å². The molecule has 2 aromatic rings. The van der Waals surface area contributed by atoms with Gasteiger partial charge in [0, 0.05) is 13.2 Å². The first-order valence-corrected chi connectivity index (χ1v) is 8.86. The number of methoxy groups -OCH3 is 1. The average Bonchev–Trinajstić information content (AvgIpc) is 2.61. The quantitative estimate of drug-likeness (QED) is 0.771. The van der Waals surface area contributed by atoms with Gasteiger partial charge in [-0.2, -0.15) is 0 Å². The molecule has 132 valence electrons. The first-order chi connectivity index (χ1) is 12.0. The van der Waals surface area contributed by atoms with Crippen LogP contribution < -0.4 is 0 Å². The Morgan fingerprint density at radius 2 is 1.60 bits per heavy atom. The van der Waals surface area contributed by atoms with Gasteiger partial charge in [0.15, 0.2) is 0 Å². The van der Waals surface area contributed by atoms with E-state index in [1.54, 1.807) is 0 Å². The Balaban J connectivity index is 1.83. The number of hydrogen-bond acceptors (Lipinski definition) is 3. The highest BCUT2D eigenvalue weighted by Crippen LogP contribution is 2.36. The molecule has 3 nitrogen and oxygen atoms in total. The second-order valence-electron chi connectivity index (χ2n) is 7.13. The molecule has 25 heavy (non-hydrogen) atoms. The number of ether oxygens (including phenoxy) is 2. The van der Waals surface area contributed by atoms with Crippen LogP contribution in [0.3, 0.4) is 0 Å². The Morgan fingerprint density at radius 1 is 1.00 bits per heavy atom. The highest BCUT2D eigenvalue weighted by atomic mass is 16.5. The standard InChI is InChI=1S/C22H26O3/c1-16-12-17(2)14-20(13-16)19-6-4-18(5-7-19)15-22(21(23)24-3)8-10-25-11-9-22/h4-7,12-14H,8-11,15H2,1-3H3. The van der Waals surface area contributed by atoms with E-state index < -0.39 is 5.41 Å². The smallest absolute Gasteiger partial charge is 0.312 e. The van der Waals surface area contributed by atoms with Gasteiger partial charge in [-0.3, -0.25) is 4.79 Å². The van der Waals surface area contributed by atoms with Crippen molar-refractivity contribution in [2.24, 2.45) is 5.41 Å². The fraction of sp³-hybridized carbons (Fsp3) is 0.409. The van der Waals surface area contributed by atoms with Crippen LogP contribution in [0.5, 0.6) is 0 Å². The summed E-state index contributed by atoms with van der Waals surface area (Å²) in [4.78, 5) is 12.4. The van der Waals surface area contributed by atoms with Gasteiger partial charge in [-0.1, -0.05) is 53.6 Å². The molecule has 0 unspecified atom stereocenters. The molecule has 3 heteroatoms. The monoisotopic (exact) mass is 338 g/mol. The van der Waals surface area contributed by atoms with Crippen LogP contribution in [0, 0.1) is 19.3 Å². The van der Waals surface area contributed by atoms with Crippen molar-refractivity contribution in [3.8, 4) is 11.1 Å². The van der Waals surface area contributed by atoms with Crippen molar-refractivity contribution in [3.05, 3.63) is 59.2 Å². The van der Waals surface area contributed by atoms with Crippen molar-refractivity contribution in [2.75, 3.05) is 20.3 Å². The highest BCUT2D eigenvalue weighted by Gasteiger charge is 2.41. The van der Waals surface area contributed by atoms with Gasteiger partial charge in [0.2, 0.25) is 0 Å². The van der Waals surface area contributed by atoms with E-state index in [2.05, 4.69) is 56.3 Å². The lowest BCUT2D eigenvalue weighted by Gasteiger charge is -2.34. The van der Waals surface area contributed by atoms with Gasteiger partial charge in [0.05, 0.1) is 12.5 Å². The van der Waals surface area contributed by atoms with Crippen LogP contribution in [0.2, 0.25) is 0 Å². The molecule has 2 aromatic carbocycles. The van der Waals surface area contributed by atoms with Crippen LogP contribution in [0.25, 0.3) is 11.1 Å². The number of benzene rings is 2. The third-order valence-electron chi connectivity index (χ3n) is 5.12. The summed E-state index contributed by atoms with van der Waals surface area (Å²) < 4.78 is 10.5. The third-order valence-corrected chi connectivity index (χ3v) is 5.12. The molecule has 3 rings (SSSR count). The molecule has 0 radical (unpaired) electrons. The minimum absolute atomic E-state index is 0.116. The molecule has 0 atom stereocenters. The normalized spacial score (nSPS) is 16.4. The zero-order valence-corrected chi connectivity index (χ0v) is 15.3. The Kier molecular flexibility index (Phi) is 5.24. The van der Waals surface area contributed by atoms with Crippen molar-refractivity contribution in [2.45, 2.75) is 33.1 Å². The van der Waals surface area contributed by atoms with Crippen LogP contribution in [0.15, 0.2) is 42.5 Å². The average molecular weight is 338 g/mol. The van der Waals surface area contributed by atoms with E-state index in [0.29, 0.717) is 19.6 Å². The maximum atomic E-state index is 12.4. The van der Waals surface area contributed by atoms with Crippen LogP contribution in [-0.4, -0.2) is 26.3 Å². The van der Waals surface area contributed by atoms with E-state index in [-0.39, 0.29) is 5.97 Å². The number of hydrogen-bond donors (Lipinski definition) is 0. The number of aryl methyl sites for hydroxylation is 2. The van der Waals surface area contributed by atoms with Gasteiger partial charge >= 0.3 is 5.97 Å². The zero-order valence-electron chi connectivity index (χ0n) is 15.3. The Morgan fingerprint density at radius 3 is 2.16 bits per heavy atom. The SMILES string of the molecule is COC(=O)C1(Cc2ccc(-c3cc(C)cc(C)c3)cc2)CCOCC1. The lowest BCUT2D eigenvalue weighted by atomic mass is 9.75. The van der Waals surface area contributed by atoms with Crippen molar-refractivity contribution < 1.29 is 14.3 Å². The summed E-state index contributed by atoms with van der Waals surface area (Å²) in [5.41, 5.74) is 5.69.